The van der Waals surface area contributed by atoms with Gasteiger partial charge in [-0.15, -0.1) is 11.8 Å². The van der Waals surface area contributed by atoms with Crippen LogP contribution in [0.1, 0.15) is 11.1 Å². The number of halogens is 1. The Hall–Kier alpha value is -1.65. The van der Waals surface area contributed by atoms with Crippen molar-refractivity contribution in [1.82, 2.24) is 0 Å². The molecule has 1 heterocycles. The molecule has 0 spiro atoms. The van der Waals surface area contributed by atoms with Crippen LogP contribution in [0.3, 0.4) is 0 Å². The molecule has 0 aromatic heterocycles. The molecule has 0 amide bonds. The second-order valence-corrected chi connectivity index (χ2v) is 6.34. The lowest BCUT2D eigenvalue weighted by molar-refractivity contribution is 0.284. The van der Waals surface area contributed by atoms with Gasteiger partial charge in [-0.1, -0.05) is 23.7 Å². The highest BCUT2D eigenvalue weighted by Gasteiger charge is 2.13. The van der Waals surface area contributed by atoms with Crippen LogP contribution in [-0.4, -0.2) is 24.5 Å². The number of ether oxygens (including phenoxy) is 2. The van der Waals surface area contributed by atoms with E-state index in [0.717, 1.165) is 45.0 Å². The number of nitrogens with zero attached hydrogens (tertiary/aromatic N) is 1. The fourth-order valence-electron chi connectivity index (χ4n) is 2.17. The number of thioether (sulfide) groups is 1. The average Bonchev–Trinajstić information content (AvgIpc) is 3.08. The van der Waals surface area contributed by atoms with Crippen molar-refractivity contribution in [3.63, 3.8) is 0 Å². The molecule has 0 atom stereocenters. The molecule has 2 aromatic carbocycles. The van der Waals surface area contributed by atoms with Gasteiger partial charge in [0.15, 0.2) is 11.5 Å². The number of aliphatic imine (C=N–C) groups is 1. The summed E-state index contributed by atoms with van der Waals surface area (Å²) in [6.07, 6.45) is 0. The molecule has 2 aromatic rings. The average molecular weight is 334 g/mol. The Morgan fingerprint density at radius 2 is 1.95 bits per heavy atom. The van der Waals surface area contributed by atoms with E-state index in [1.807, 2.05) is 42.5 Å². The summed E-state index contributed by atoms with van der Waals surface area (Å²) in [5.41, 5.74) is 2.14. The molecule has 1 aliphatic heterocycles. The minimum absolute atomic E-state index is 0.475. The van der Waals surface area contributed by atoms with Crippen molar-refractivity contribution in [2.75, 3.05) is 19.4 Å². The number of hydrogen-bond acceptors (Lipinski definition) is 4. The molecule has 0 unspecified atom stereocenters. The van der Waals surface area contributed by atoms with Gasteiger partial charge in [0.25, 0.3) is 0 Å². The van der Waals surface area contributed by atoms with Crippen LogP contribution in [0, 0.1) is 0 Å². The van der Waals surface area contributed by atoms with E-state index in [1.165, 1.54) is 0 Å². The maximum Gasteiger partial charge on any atom is 0.161 e. The van der Waals surface area contributed by atoms with Crippen LogP contribution >= 0.6 is 23.4 Å². The first-order chi connectivity index (χ1) is 10.8. The first-order valence-electron chi connectivity index (χ1n) is 6.99. The summed E-state index contributed by atoms with van der Waals surface area (Å²) >= 11 is 7.66. The number of hydrogen-bond donors (Lipinski definition) is 0. The summed E-state index contributed by atoms with van der Waals surface area (Å²) in [5.74, 6) is 2.50. The standard InChI is InChI=1S/C17H16ClNO2S/c1-20-16-10-13(17-19-8-9-22-17)4-7-15(16)21-11-12-2-5-14(18)6-3-12/h2-7,10H,8-9,11H2,1H3. The van der Waals surface area contributed by atoms with Crippen LogP contribution in [0.4, 0.5) is 0 Å². The summed E-state index contributed by atoms with van der Waals surface area (Å²) in [7, 11) is 1.65. The van der Waals surface area contributed by atoms with Crippen molar-refractivity contribution < 1.29 is 9.47 Å². The van der Waals surface area contributed by atoms with Crippen LogP contribution in [0.15, 0.2) is 47.5 Å². The molecular formula is C17H16ClNO2S. The largest absolute Gasteiger partial charge is 0.493 e. The third-order valence-electron chi connectivity index (χ3n) is 3.30. The lowest BCUT2D eigenvalue weighted by atomic mass is 10.2. The SMILES string of the molecule is COc1cc(C2=NCCS2)ccc1OCc1ccc(Cl)cc1. The van der Waals surface area contributed by atoms with Gasteiger partial charge in [0.2, 0.25) is 0 Å². The lowest BCUT2D eigenvalue weighted by Gasteiger charge is -2.12. The van der Waals surface area contributed by atoms with Gasteiger partial charge >= 0.3 is 0 Å². The summed E-state index contributed by atoms with van der Waals surface area (Å²) in [6.45, 7) is 1.36. The molecule has 0 saturated heterocycles. The summed E-state index contributed by atoms with van der Waals surface area (Å²) in [6, 6.07) is 13.6. The van der Waals surface area contributed by atoms with E-state index in [-0.39, 0.29) is 0 Å². The third-order valence-corrected chi connectivity index (χ3v) is 4.58. The van der Waals surface area contributed by atoms with E-state index < -0.39 is 0 Å². The van der Waals surface area contributed by atoms with Gasteiger partial charge in [-0.05, 0) is 35.9 Å². The second kappa shape index (κ2) is 7.07. The minimum Gasteiger partial charge on any atom is -0.493 e. The molecule has 5 heteroatoms. The van der Waals surface area contributed by atoms with Crippen molar-refractivity contribution in [1.29, 1.82) is 0 Å². The fraction of sp³-hybridized carbons (Fsp3) is 0.235. The van der Waals surface area contributed by atoms with Crippen LogP contribution in [0.5, 0.6) is 11.5 Å². The maximum absolute atomic E-state index is 5.88. The molecule has 3 nitrogen and oxygen atoms in total. The van der Waals surface area contributed by atoms with Gasteiger partial charge in [0, 0.05) is 22.9 Å². The zero-order chi connectivity index (χ0) is 15.4. The van der Waals surface area contributed by atoms with E-state index in [2.05, 4.69) is 4.99 Å². The maximum atomic E-state index is 5.88. The van der Waals surface area contributed by atoms with E-state index in [0.29, 0.717) is 6.61 Å². The Balaban J connectivity index is 1.74. The highest BCUT2D eigenvalue weighted by Crippen LogP contribution is 2.31. The molecular weight excluding hydrogens is 318 g/mol. The molecule has 0 bridgehead atoms. The van der Waals surface area contributed by atoms with Crippen LogP contribution < -0.4 is 9.47 Å². The number of methoxy groups -OCH3 is 1. The van der Waals surface area contributed by atoms with Gasteiger partial charge in [-0.3, -0.25) is 4.99 Å². The predicted octanol–water partition coefficient (Wildman–Crippen LogP) is 4.42. The van der Waals surface area contributed by atoms with Crippen LogP contribution in [-0.2, 0) is 6.61 Å². The summed E-state index contributed by atoms with van der Waals surface area (Å²) < 4.78 is 11.3. The summed E-state index contributed by atoms with van der Waals surface area (Å²) in [4.78, 5) is 4.48. The van der Waals surface area contributed by atoms with E-state index in [9.17, 15) is 0 Å². The highest BCUT2D eigenvalue weighted by atomic mass is 35.5. The van der Waals surface area contributed by atoms with Crippen LogP contribution in [0.25, 0.3) is 0 Å². The Bertz CT molecular complexity index is 686. The van der Waals surface area contributed by atoms with Crippen molar-refractivity contribution in [2.45, 2.75) is 6.61 Å². The molecule has 0 N–H and O–H groups in total. The molecule has 0 saturated carbocycles. The Kier molecular flexibility index (Phi) is 4.90. The van der Waals surface area contributed by atoms with Gasteiger partial charge in [-0.2, -0.15) is 0 Å². The topological polar surface area (TPSA) is 30.8 Å². The van der Waals surface area contributed by atoms with Gasteiger partial charge < -0.3 is 9.47 Å². The smallest absolute Gasteiger partial charge is 0.161 e. The quantitative estimate of drug-likeness (QED) is 0.811. The third kappa shape index (κ3) is 3.57. The zero-order valence-electron chi connectivity index (χ0n) is 12.2. The lowest BCUT2D eigenvalue weighted by Crippen LogP contribution is -1.99. The predicted molar refractivity (Wildman–Crippen MR) is 92.6 cm³/mol. The Labute approximate surface area is 139 Å². The van der Waals surface area contributed by atoms with E-state index >= 15 is 0 Å². The molecule has 0 fully saturated rings. The van der Waals surface area contributed by atoms with Crippen molar-refractivity contribution in [3.05, 3.63) is 58.6 Å². The molecule has 1 aliphatic rings. The molecule has 0 aliphatic carbocycles. The van der Waals surface area contributed by atoms with Crippen molar-refractivity contribution in [2.24, 2.45) is 4.99 Å². The first kappa shape index (κ1) is 15.3. The molecule has 0 radical (unpaired) electrons. The Morgan fingerprint density at radius 1 is 1.14 bits per heavy atom. The fourth-order valence-corrected chi connectivity index (χ4v) is 3.15. The summed E-state index contributed by atoms with van der Waals surface area (Å²) in [5, 5.41) is 1.79. The normalized spacial score (nSPS) is 13.8. The second-order valence-electron chi connectivity index (χ2n) is 4.82. The minimum atomic E-state index is 0.475. The van der Waals surface area contributed by atoms with Gasteiger partial charge in [0.1, 0.15) is 6.61 Å². The highest BCUT2D eigenvalue weighted by molar-refractivity contribution is 8.14. The zero-order valence-corrected chi connectivity index (χ0v) is 13.8. The monoisotopic (exact) mass is 333 g/mol. The van der Waals surface area contributed by atoms with E-state index in [1.54, 1.807) is 18.9 Å². The van der Waals surface area contributed by atoms with Crippen LogP contribution in [0.2, 0.25) is 5.02 Å². The van der Waals surface area contributed by atoms with Gasteiger partial charge in [0.05, 0.1) is 12.2 Å². The number of rotatable bonds is 5. The van der Waals surface area contributed by atoms with Gasteiger partial charge in [-0.25, -0.2) is 0 Å². The molecule has 22 heavy (non-hydrogen) atoms. The first-order valence-corrected chi connectivity index (χ1v) is 8.35. The van der Waals surface area contributed by atoms with E-state index in [4.69, 9.17) is 21.1 Å². The van der Waals surface area contributed by atoms with Crippen molar-refractivity contribution >= 4 is 28.4 Å². The Morgan fingerprint density at radius 3 is 2.64 bits per heavy atom. The van der Waals surface area contributed by atoms with Crippen molar-refractivity contribution in [3.8, 4) is 11.5 Å². The molecule has 3 rings (SSSR count). The number of benzene rings is 2. The molecule has 114 valence electrons.